The minimum absolute atomic E-state index is 0.444. The van der Waals surface area contributed by atoms with Gasteiger partial charge in [-0.25, -0.2) is 0 Å². The number of hydrogen-bond donors (Lipinski definition) is 0. The first kappa shape index (κ1) is 6.33. The third-order valence-electron chi connectivity index (χ3n) is 1.29. The van der Waals surface area contributed by atoms with Crippen LogP contribution in [-0.2, 0) is 9.53 Å². The zero-order valence-corrected chi connectivity index (χ0v) is 5.30. The summed E-state index contributed by atoms with van der Waals surface area (Å²) in [5.41, 5.74) is 0. The van der Waals surface area contributed by atoms with Gasteiger partial charge in [0.15, 0.2) is 0 Å². The molecule has 0 aromatic rings. The number of hydrogen-bond acceptors (Lipinski definition) is 2. The Balaban J connectivity index is 2.36. The molecule has 0 radical (unpaired) electrons. The molecule has 2 nitrogen and oxygen atoms in total. The first-order chi connectivity index (χ1) is 4.43. The Morgan fingerprint density at radius 1 is 1.78 bits per heavy atom. The van der Waals surface area contributed by atoms with Crippen LogP contribution in [0.25, 0.3) is 0 Å². The lowest BCUT2D eigenvalue weighted by atomic mass is 10.2. The highest BCUT2D eigenvalue weighted by Crippen LogP contribution is 2.11. The van der Waals surface area contributed by atoms with Crippen molar-refractivity contribution >= 4 is 6.29 Å². The average molecular weight is 126 g/mol. The van der Waals surface area contributed by atoms with Crippen LogP contribution < -0.4 is 0 Å². The molecule has 9 heavy (non-hydrogen) atoms. The number of carbonyl (C=O) groups excluding carboxylic acids is 1. The summed E-state index contributed by atoms with van der Waals surface area (Å²) in [5, 5.41) is 0. The van der Waals surface area contributed by atoms with E-state index in [2.05, 4.69) is 0 Å². The lowest BCUT2D eigenvalue weighted by molar-refractivity contribution is -0.107. The van der Waals surface area contributed by atoms with Crippen molar-refractivity contribution in [2.45, 2.75) is 19.3 Å². The molecular formula is C7H10O2. The number of aldehydes is 1. The molecule has 1 aliphatic rings. The van der Waals surface area contributed by atoms with Crippen molar-refractivity contribution in [1.82, 2.24) is 0 Å². The van der Waals surface area contributed by atoms with Crippen molar-refractivity contribution in [3.05, 3.63) is 11.8 Å². The summed E-state index contributed by atoms with van der Waals surface area (Å²) in [6.45, 7) is 0.777. The summed E-state index contributed by atoms with van der Waals surface area (Å²) in [7, 11) is 0. The van der Waals surface area contributed by atoms with Crippen molar-refractivity contribution < 1.29 is 9.53 Å². The van der Waals surface area contributed by atoms with Crippen molar-refractivity contribution in [1.29, 1.82) is 0 Å². The van der Waals surface area contributed by atoms with Crippen molar-refractivity contribution in [3.63, 3.8) is 0 Å². The molecule has 1 heterocycles. The van der Waals surface area contributed by atoms with Crippen LogP contribution in [0.1, 0.15) is 19.3 Å². The first-order valence-corrected chi connectivity index (χ1v) is 3.19. The second-order valence-electron chi connectivity index (χ2n) is 2.03. The van der Waals surface area contributed by atoms with Crippen LogP contribution in [0.15, 0.2) is 11.8 Å². The molecule has 0 aromatic heterocycles. The Morgan fingerprint density at radius 3 is 3.22 bits per heavy atom. The predicted molar refractivity (Wildman–Crippen MR) is 33.9 cm³/mol. The Kier molecular flexibility index (Phi) is 2.31. The van der Waals surface area contributed by atoms with Gasteiger partial charge in [-0.15, -0.1) is 0 Å². The summed E-state index contributed by atoms with van der Waals surface area (Å²) < 4.78 is 5.15. The van der Waals surface area contributed by atoms with Gasteiger partial charge in [0.25, 0.3) is 0 Å². The van der Waals surface area contributed by atoms with Crippen LogP contribution in [0.2, 0.25) is 0 Å². The number of carbonyl (C=O) groups is 1. The van der Waals surface area contributed by atoms with E-state index in [0.717, 1.165) is 31.5 Å². The van der Waals surface area contributed by atoms with Crippen LogP contribution >= 0.6 is 0 Å². The average Bonchev–Trinajstić information content (AvgIpc) is 1.91. The minimum atomic E-state index is 0.444. The molecule has 0 N–H and O–H groups in total. The normalized spacial score (nSPS) is 18.0. The molecule has 0 fully saturated rings. The number of rotatable bonds is 2. The summed E-state index contributed by atoms with van der Waals surface area (Å²) in [4.78, 5) is 9.95. The SMILES string of the molecule is O=CCC1=CCCCO1. The highest BCUT2D eigenvalue weighted by atomic mass is 16.5. The Hall–Kier alpha value is -0.790. The topological polar surface area (TPSA) is 26.3 Å². The molecule has 0 amide bonds. The largest absolute Gasteiger partial charge is 0.498 e. The number of ether oxygens (including phenoxy) is 1. The quantitative estimate of drug-likeness (QED) is 0.521. The van der Waals surface area contributed by atoms with E-state index >= 15 is 0 Å². The van der Waals surface area contributed by atoms with E-state index in [1.165, 1.54) is 0 Å². The van der Waals surface area contributed by atoms with Crippen molar-refractivity contribution in [2.75, 3.05) is 6.61 Å². The minimum Gasteiger partial charge on any atom is -0.498 e. The maximum Gasteiger partial charge on any atom is 0.127 e. The van der Waals surface area contributed by atoms with Gasteiger partial charge >= 0.3 is 0 Å². The summed E-state index contributed by atoms with van der Waals surface area (Å²) in [6.07, 6.45) is 5.45. The van der Waals surface area contributed by atoms with E-state index in [1.807, 2.05) is 6.08 Å². The van der Waals surface area contributed by atoms with Gasteiger partial charge in [-0.1, -0.05) is 0 Å². The van der Waals surface area contributed by atoms with Crippen LogP contribution in [0.4, 0.5) is 0 Å². The van der Waals surface area contributed by atoms with Gasteiger partial charge in [-0.2, -0.15) is 0 Å². The maximum absolute atomic E-state index is 9.95. The van der Waals surface area contributed by atoms with Gasteiger partial charge in [0.05, 0.1) is 18.8 Å². The molecule has 0 spiro atoms. The van der Waals surface area contributed by atoms with Crippen LogP contribution in [0.3, 0.4) is 0 Å². The number of allylic oxidation sites excluding steroid dienone is 2. The third-order valence-corrected chi connectivity index (χ3v) is 1.29. The predicted octanol–water partition coefficient (Wildman–Crippen LogP) is 1.27. The lowest BCUT2D eigenvalue weighted by Crippen LogP contribution is -2.00. The third kappa shape index (κ3) is 1.88. The molecule has 0 aliphatic carbocycles. The fourth-order valence-corrected chi connectivity index (χ4v) is 0.833. The molecule has 1 aliphatic heterocycles. The first-order valence-electron chi connectivity index (χ1n) is 3.19. The van der Waals surface area contributed by atoms with Gasteiger partial charge in [0.1, 0.15) is 6.29 Å². The molecule has 0 bridgehead atoms. The molecule has 50 valence electrons. The zero-order chi connectivity index (χ0) is 6.53. The second kappa shape index (κ2) is 3.28. The van der Waals surface area contributed by atoms with Gasteiger partial charge in [-0.05, 0) is 18.9 Å². The van der Waals surface area contributed by atoms with E-state index in [-0.39, 0.29) is 0 Å². The van der Waals surface area contributed by atoms with E-state index in [1.54, 1.807) is 0 Å². The molecule has 0 unspecified atom stereocenters. The molecule has 0 aromatic carbocycles. The van der Waals surface area contributed by atoms with Gasteiger partial charge in [0, 0.05) is 0 Å². The zero-order valence-electron chi connectivity index (χ0n) is 5.30. The van der Waals surface area contributed by atoms with Crippen molar-refractivity contribution in [3.8, 4) is 0 Å². The van der Waals surface area contributed by atoms with E-state index < -0.39 is 0 Å². The highest BCUT2D eigenvalue weighted by molar-refractivity contribution is 5.53. The fraction of sp³-hybridized carbons (Fsp3) is 0.571. The van der Waals surface area contributed by atoms with Crippen LogP contribution in [-0.4, -0.2) is 12.9 Å². The monoisotopic (exact) mass is 126 g/mol. The van der Waals surface area contributed by atoms with Gasteiger partial charge in [0.2, 0.25) is 0 Å². The fourth-order valence-electron chi connectivity index (χ4n) is 0.833. The molecule has 1 rings (SSSR count). The Labute approximate surface area is 54.5 Å². The van der Waals surface area contributed by atoms with Gasteiger partial charge in [-0.3, -0.25) is 0 Å². The van der Waals surface area contributed by atoms with E-state index in [9.17, 15) is 4.79 Å². The Bertz CT molecular complexity index is 127. The lowest BCUT2D eigenvalue weighted by Gasteiger charge is -2.11. The summed E-state index contributed by atoms with van der Waals surface area (Å²) in [6, 6.07) is 0. The highest BCUT2D eigenvalue weighted by Gasteiger charge is 2.01. The standard InChI is InChI=1S/C7H10O2/c8-5-4-7-3-1-2-6-9-7/h3,5H,1-2,4,6H2. The molecule has 0 saturated heterocycles. The molecular weight excluding hydrogens is 116 g/mol. The Morgan fingerprint density at radius 2 is 2.67 bits per heavy atom. The summed E-state index contributed by atoms with van der Waals surface area (Å²) in [5.74, 6) is 0.844. The molecule has 2 heteroatoms. The van der Waals surface area contributed by atoms with E-state index in [4.69, 9.17) is 4.74 Å². The second-order valence-corrected chi connectivity index (χ2v) is 2.03. The van der Waals surface area contributed by atoms with Gasteiger partial charge < -0.3 is 9.53 Å². The van der Waals surface area contributed by atoms with E-state index in [0.29, 0.717) is 6.42 Å². The summed E-state index contributed by atoms with van der Waals surface area (Å²) >= 11 is 0. The maximum atomic E-state index is 9.95. The smallest absolute Gasteiger partial charge is 0.127 e. The van der Waals surface area contributed by atoms with Crippen molar-refractivity contribution in [2.24, 2.45) is 0 Å². The molecule has 0 atom stereocenters. The van der Waals surface area contributed by atoms with Crippen LogP contribution in [0.5, 0.6) is 0 Å². The molecule has 0 saturated carbocycles. The van der Waals surface area contributed by atoms with Crippen LogP contribution in [0, 0.1) is 0 Å².